The van der Waals surface area contributed by atoms with Gasteiger partial charge >= 0.3 is 0 Å². The standard InChI is InChI=1S/C14H29NO/c1-10(2)9-12-13(11(3)4)15-14(5,6)7-8-16-12/h10-13,15H,7-9H2,1-6H3. The van der Waals surface area contributed by atoms with Gasteiger partial charge in [-0.25, -0.2) is 0 Å². The summed E-state index contributed by atoms with van der Waals surface area (Å²) in [6.45, 7) is 14.6. The summed E-state index contributed by atoms with van der Waals surface area (Å²) in [5, 5.41) is 3.79. The third kappa shape index (κ3) is 4.06. The van der Waals surface area contributed by atoms with Crippen LogP contribution in [-0.2, 0) is 4.74 Å². The molecule has 1 rings (SSSR count). The molecule has 0 saturated carbocycles. The minimum absolute atomic E-state index is 0.209. The number of hydrogen-bond donors (Lipinski definition) is 1. The fraction of sp³-hybridized carbons (Fsp3) is 1.00. The predicted molar refractivity (Wildman–Crippen MR) is 69.7 cm³/mol. The van der Waals surface area contributed by atoms with Gasteiger partial charge in [0.25, 0.3) is 0 Å². The van der Waals surface area contributed by atoms with E-state index in [-0.39, 0.29) is 5.54 Å². The van der Waals surface area contributed by atoms with Gasteiger partial charge in [0, 0.05) is 18.2 Å². The summed E-state index contributed by atoms with van der Waals surface area (Å²) in [6, 6.07) is 0.486. The Hall–Kier alpha value is -0.0800. The highest BCUT2D eigenvalue weighted by Gasteiger charge is 2.34. The lowest BCUT2D eigenvalue weighted by molar-refractivity contribution is 0.0181. The second-order valence-electron chi connectivity index (χ2n) is 6.59. The van der Waals surface area contributed by atoms with Gasteiger partial charge in [-0.2, -0.15) is 0 Å². The molecule has 0 aromatic carbocycles. The van der Waals surface area contributed by atoms with Gasteiger partial charge in [0.05, 0.1) is 6.10 Å². The van der Waals surface area contributed by atoms with E-state index in [2.05, 4.69) is 46.9 Å². The molecule has 0 bridgehead atoms. The summed E-state index contributed by atoms with van der Waals surface area (Å²) in [5.41, 5.74) is 0.209. The van der Waals surface area contributed by atoms with E-state index < -0.39 is 0 Å². The summed E-state index contributed by atoms with van der Waals surface area (Å²) in [5.74, 6) is 1.33. The summed E-state index contributed by atoms with van der Waals surface area (Å²) < 4.78 is 6.06. The van der Waals surface area contributed by atoms with Crippen LogP contribution >= 0.6 is 0 Å². The van der Waals surface area contributed by atoms with Crippen LogP contribution in [0, 0.1) is 11.8 Å². The maximum Gasteiger partial charge on any atom is 0.0733 e. The minimum Gasteiger partial charge on any atom is -0.377 e. The highest BCUT2D eigenvalue weighted by molar-refractivity contribution is 4.91. The van der Waals surface area contributed by atoms with Crippen LogP contribution in [0.3, 0.4) is 0 Å². The molecule has 0 aliphatic carbocycles. The zero-order valence-electron chi connectivity index (χ0n) is 11.8. The van der Waals surface area contributed by atoms with Gasteiger partial charge in [0.2, 0.25) is 0 Å². The summed E-state index contributed by atoms with van der Waals surface area (Å²) in [7, 11) is 0. The van der Waals surface area contributed by atoms with Crippen LogP contribution in [0.15, 0.2) is 0 Å². The average Bonchev–Trinajstić information content (AvgIpc) is 2.24. The molecule has 0 aromatic rings. The number of nitrogens with one attached hydrogen (secondary N) is 1. The van der Waals surface area contributed by atoms with Crippen molar-refractivity contribution in [1.29, 1.82) is 0 Å². The number of rotatable bonds is 3. The maximum atomic E-state index is 6.06. The summed E-state index contributed by atoms with van der Waals surface area (Å²) >= 11 is 0. The Morgan fingerprint density at radius 3 is 2.38 bits per heavy atom. The van der Waals surface area contributed by atoms with E-state index in [0.29, 0.717) is 24.0 Å². The van der Waals surface area contributed by atoms with E-state index in [4.69, 9.17) is 4.74 Å². The van der Waals surface area contributed by atoms with Gasteiger partial charge in [-0.3, -0.25) is 0 Å². The molecular formula is C14H29NO. The quantitative estimate of drug-likeness (QED) is 0.799. The smallest absolute Gasteiger partial charge is 0.0733 e. The van der Waals surface area contributed by atoms with Crippen molar-refractivity contribution in [3.8, 4) is 0 Å². The lowest BCUT2D eigenvalue weighted by Crippen LogP contribution is -2.51. The second-order valence-corrected chi connectivity index (χ2v) is 6.59. The fourth-order valence-electron chi connectivity index (χ4n) is 2.46. The SMILES string of the molecule is CC(C)CC1OCCC(C)(C)NC1C(C)C. The summed E-state index contributed by atoms with van der Waals surface area (Å²) in [4.78, 5) is 0. The van der Waals surface area contributed by atoms with Crippen LogP contribution in [0.5, 0.6) is 0 Å². The van der Waals surface area contributed by atoms with Gasteiger partial charge in [0.15, 0.2) is 0 Å². The van der Waals surface area contributed by atoms with Crippen molar-refractivity contribution in [3.05, 3.63) is 0 Å². The van der Waals surface area contributed by atoms with Crippen molar-refractivity contribution in [2.24, 2.45) is 11.8 Å². The van der Waals surface area contributed by atoms with E-state index in [0.717, 1.165) is 19.4 Å². The van der Waals surface area contributed by atoms with Crippen LogP contribution in [-0.4, -0.2) is 24.3 Å². The van der Waals surface area contributed by atoms with Gasteiger partial charge in [0.1, 0.15) is 0 Å². The lowest BCUT2D eigenvalue weighted by Gasteiger charge is -2.34. The average molecular weight is 227 g/mol. The lowest BCUT2D eigenvalue weighted by atomic mass is 9.90. The van der Waals surface area contributed by atoms with Crippen molar-refractivity contribution in [3.63, 3.8) is 0 Å². The van der Waals surface area contributed by atoms with Crippen molar-refractivity contribution < 1.29 is 4.74 Å². The van der Waals surface area contributed by atoms with Crippen LogP contribution < -0.4 is 5.32 Å². The molecule has 0 radical (unpaired) electrons. The van der Waals surface area contributed by atoms with Crippen molar-refractivity contribution >= 4 is 0 Å². The summed E-state index contributed by atoms with van der Waals surface area (Å²) in [6.07, 6.45) is 2.64. The molecular weight excluding hydrogens is 198 g/mol. The maximum absolute atomic E-state index is 6.06. The van der Waals surface area contributed by atoms with E-state index in [1.807, 2.05) is 0 Å². The monoisotopic (exact) mass is 227 g/mol. The molecule has 2 heteroatoms. The third-order valence-corrected chi connectivity index (χ3v) is 3.44. The van der Waals surface area contributed by atoms with Crippen molar-refractivity contribution in [1.82, 2.24) is 5.32 Å². The largest absolute Gasteiger partial charge is 0.377 e. The van der Waals surface area contributed by atoms with E-state index in [1.54, 1.807) is 0 Å². The molecule has 96 valence electrons. The molecule has 1 aliphatic rings. The molecule has 2 nitrogen and oxygen atoms in total. The van der Waals surface area contributed by atoms with Gasteiger partial charge in [-0.15, -0.1) is 0 Å². The predicted octanol–water partition coefficient (Wildman–Crippen LogP) is 3.21. The Morgan fingerprint density at radius 2 is 1.88 bits per heavy atom. The van der Waals surface area contributed by atoms with E-state index in [1.165, 1.54) is 0 Å². The molecule has 1 fully saturated rings. The first-order valence-electron chi connectivity index (χ1n) is 6.71. The second kappa shape index (κ2) is 5.50. The zero-order valence-corrected chi connectivity index (χ0v) is 11.8. The Bertz CT molecular complexity index is 211. The molecule has 2 atom stereocenters. The third-order valence-electron chi connectivity index (χ3n) is 3.44. The highest BCUT2D eigenvalue weighted by atomic mass is 16.5. The molecule has 0 aromatic heterocycles. The van der Waals surface area contributed by atoms with Crippen LogP contribution in [0.25, 0.3) is 0 Å². The van der Waals surface area contributed by atoms with Crippen LogP contribution in [0.4, 0.5) is 0 Å². The Balaban J connectivity index is 2.73. The number of hydrogen-bond acceptors (Lipinski definition) is 2. The minimum atomic E-state index is 0.209. The molecule has 1 heterocycles. The van der Waals surface area contributed by atoms with Gasteiger partial charge in [-0.1, -0.05) is 27.7 Å². The molecule has 16 heavy (non-hydrogen) atoms. The topological polar surface area (TPSA) is 21.3 Å². The zero-order chi connectivity index (χ0) is 12.3. The van der Waals surface area contributed by atoms with E-state index in [9.17, 15) is 0 Å². The molecule has 1 saturated heterocycles. The van der Waals surface area contributed by atoms with Gasteiger partial charge in [-0.05, 0) is 38.5 Å². The van der Waals surface area contributed by atoms with Gasteiger partial charge < -0.3 is 10.1 Å². The molecule has 0 amide bonds. The Morgan fingerprint density at radius 1 is 1.25 bits per heavy atom. The first-order chi connectivity index (χ1) is 7.32. The van der Waals surface area contributed by atoms with Crippen LogP contribution in [0.2, 0.25) is 0 Å². The van der Waals surface area contributed by atoms with E-state index >= 15 is 0 Å². The normalized spacial score (nSPS) is 30.8. The number of ether oxygens (including phenoxy) is 1. The molecule has 2 unspecified atom stereocenters. The first-order valence-corrected chi connectivity index (χ1v) is 6.71. The van der Waals surface area contributed by atoms with Crippen LogP contribution in [0.1, 0.15) is 54.4 Å². The highest BCUT2D eigenvalue weighted by Crippen LogP contribution is 2.25. The molecule has 0 spiro atoms. The molecule has 1 N–H and O–H groups in total. The molecule has 1 aliphatic heterocycles. The fourth-order valence-corrected chi connectivity index (χ4v) is 2.46. The first kappa shape index (κ1) is 14.0. The van der Waals surface area contributed by atoms with Crippen molar-refractivity contribution in [2.75, 3.05) is 6.61 Å². The Labute approximate surface area is 101 Å². The van der Waals surface area contributed by atoms with Crippen molar-refractivity contribution in [2.45, 2.75) is 72.1 Å². The Kier molecular flexibility index (Phi) is 4.81.